The van der Waals surface area contributed by atoms with Crippen LogP contribution in [-0.4, -0.2) is 19.7 Å². The lowest BCUT2D eigenvalue weighted by Gasteiger charge is -2.04. The summed E-state index contributed by atoms with van der Waals surface area (Å²) >= 11 is 0. The highest BCUT2D eigenvalue weighted by molar-refractivity contribution is 7.90. The number of oxazole rings is 1. The molecule has 1 aromatic carbocycles. The van der Waals surface area contributed by atoms with Gasteiger partial charge < -0.3 is 9.73 Å². The number of hydrogen-bond acceptors (Lipinski definition) is 5. The fourth-order valence-electron chi connectivity index (χ4n) is 1.48. The van der Waals surface area contributed by atoms with Crippen LogP contribution in [0.5, 0.6) is 0 Å². The number of rotatable bonds is 4. The van der Waals surface area contributed by atoms with Gasteiger partial charge in [0.1, 0.15) is 5.76 Å². The van der Waals surface area contributed by atoms with Crippen LogP contribution in [0, 0.1) is 6.92 Å². The summed E-state index contributed by atoms with van der Waals surface area (Å²) in [5.74, 6) is 1.36. The van der Waals surface area contributed by atoms with Gasteiger partial charge in [-0.1, -0.05) is 0 Å². The van der Waals surface area contributed by atoms with Gasteiger partial charge in [0.15, 0.2) is 9.84 Å². The molecule has 1 aromatic heterocycles. The van der Waals surface area contributed by atoms with Gasteiger partial charge in [0.05, 0.1) is 17.6 Å². The Morgan fingerprint density at radius 2 is 1.94 bits per heavy atom. The molecule has 0 atom stereocenters. The summed E-state index contributed by atoms with van der Waals surface area (Å²) in [7, 11) is -3.14. The number of sulfone groups is 1. The molecule has 0 saturated heterocycles. The van der Waals surface area contributed by atoms with Crippen LogP contribution in [0.2, 0.25) is 0 Å². The van der Waals surface area contributed by atoms with E-state index >= 15 is 0 Å². The van der Waals surface area contributed by atoms with Gasteiger partial charge in [0, 0.05) is 11.9 Å². The molecule has 0 saturated carbocycles. The summed E-state index contributed by atoms with van der Waals surface area (Å²) in [6, 6.07) is 6.56. The first-order valence-corrected chi connectivity index (χ1v) is 7.29. The standard InChI is InChI=1S/C12H14N2O3S/c1-9-7-14-12(17-9)8-13-10-3-5-11(6-4-10)18(2,15)16/h3-7,13H,8H2,1-2H3. The zero-order chi connectivity index (χ0) is 13.2. The highest BCUT2D eigenvalue weighted by atomic mass is 32.2. The summed E-state index contributed by atoms with van der Waals surface area (Å²) in [4.78, 5) is 4.37. The lowest BCUT2D eigenvalue weighted by molar-refractivity contribution is 0.479. The van der Waals surface area contributed by atoms with Crippen molar-refractivity contribution in [1.29, 1.82) is 0 Å². The Balaban J connectivity index is 2.03. The number of nitrogens with zero attached hydrogens (tertiary/aromatic N) is 1. The fourth-order valence-corrected chi connectivity index (χ4v) is 2.11. The molecule has 0 fully saturated rings. The zero-order valence-electron chi connectivity index (χ0n) is 10.2. The molecule has 0 radical (unpaired) electrons. The number of hydrogen-bond donors (Lipinski definition) is 1. The van der Waals surface area contributed by atoms with Crippen molar-refractivity contribution in [1.82, 2.24) is 4.98 Å². The molecule has 2 rings (SSSR count). The molecule has 0 aliphatic carbocycles. The van der Waals surface area contributed by atoms with Crippen molar-refractivity contribution < 1.29 is 12.8 Å². The van der Waals surface area contributed by atoms with Gasteiger partial charge >= 0.3 is 0 Å². The second-order valence-corrected chi connectivity index (χ2v) is 6.03. The predicted molar refractivity (Wildman–Crippen MR) is 68.1 cm³/mol. The number of aryl methyl sites for hydroxylation is 1. The van der Waals surface area contributed by atoms with Crippen molar-refractivity contribution in [3.63, 3.8) is 0 Å². The van der Waals surface area contributed by atoms with Gasteiger partial charge in [-0.2, -0.15) is 0 Å². The average molecular weight is 266 g/mol. The second-order valence-electron chi connectivity index (χ2n) is 4.01. The lowest BCUT2D eigenvalue weighted by Crippen LogP contribution is -2.01. The van der Waals surface area contributed by atoms with Crippen LogP contribution < -0.4 is 5.32 Å². The van der Waals surface area contributed by atoms with Gasteiger partial charge in [-0.05, 0) is 31.2 Å². The zero-order valence-corrected chi connectivity index (χ0v) is 11.0. The molecule has 0 spiro atoms. The number of anilines is 1. The maximum atomic E-state index is 11.3. The van der Waals surface area contributed by atoms with Gasteiger partial charge in [-0.3, -0.25) is 0 Å². The third-order valence-corrected chi connectivity index (χ3v) is 3.52. The Hall–Kier alpha value is -1.82. The maximum absolute atomic E-state index is 11.3. The second kappa shape index (κ2) is 4.81. The van der Waals surface area contributed by atoms with Crippen molar-refractivity contribution in [3.8, 4) is 0 Å². The van der Waals surface area contributed by atoms with Crippen LogP contribution in [0.3, 0.4) is 0 Å². The monoisotopic (exact) mass is 266 g/mol. The lowest BCUT2D eigenvalue weighted by atomic mass is 10.3. The molecule has 0 aliphatic heterocycles. The molecule has 2 aromatic rings. The first-order valence-electron chi connectivity index (χ1n) is 5.40. The van der Waals surface area contributed by atoms with E-state index in [9.17, 15) is 8.42 Å². The molecule has 18 heavy (non-hydrogen) atoms. The van der Waals surface area contributed by atoms with E-state index in [0.29, 0.717) is 17.3 Å². The van der Waals surface area contributed by atoms with E-state index in [1.54, 1.807) is 30.5 Å². The minimum absolute atomic E-state index is 0.306. The molecule has 0 amide bonds. The number of nitrogens with one attached hydrogen (secondary N) is 1. The van der Waals surface area contributed by atoms with Crippen molar-refractivity contribution in [3.05, 3.63) is 42.1 Å². The minimum atomic E-state index is -3.14. The topological polar surface area (TPSA) is 72.2 Å². The Labute approximate surface area is 106 Å². The summed E-state index contributed by atoms with van der Waals surface area (Å²) < 4.78 is 27.9. The Morgan fingerprint density at radius 1 is 1.28 bits per heavy atom. The smallest absolute Gasteiger partial charge is 0.213 e. The Morgan fingerprint density at radius 3 is 2.44 bits per heavy atom. The van der Waals surface area contributed by atoms with Crippen molar-refractivity contribution in [2.24, 2.45) is 0 Å². The molecule has 0 bridgehead atoms. The molecule has 0 unspecified atom stereocenters. The van der Waals surface area contributed by atoms with E-state index in [1.807, 2.05) is 6.92 Å². The van der Waals surface area contributed by atoms with Crippen LogP contribution in [0.15, 0.2) is 39.8 Å². The van der Waals surface area contributed by atoms with E-state index < -0.39 is 9.84 Å². The molecule has 1 N–H and O–H groups in total. The molecule has 96 valence electrons. The van der Waals surface area contributed by atoms with Crippen molar-refractivity contribution >= 4 is 15.5 Å². The van der Waals surface area contributed by atoms with Gasteiger partial charge in [-0.25, -0.2) is 13.4 Å². The SMILES string of the molecule is Cc1cnc(CNc2ccc(S(C)(=O)=O)cc2)o1. The molecule has 1 heterocycles. The molecule has 6 heteroatoms. The number of aromatic nitrogens is 1. The van der Waals surface area contributed by atoms with Gasteiger partial charge in [-0.15, -0.1) is 0 Å². The van der Waals surface area contributed by atoms with E-state index in [0.717, 1.165) is 11.4 Å². The first kappa shape index (κ1) is 12.6. The average Bonchev–Trinajstić information content (AvgIpc) is 2.72. The third kappa shape index (κ3) is 3.10. The normalized spacial score (nSPS) is 11.4. The van der Waals surface area contributed by atoms with Crippen LogP contribution >= 0.6 is 0 Å². The first-order chi connectivity index (χ1) is 8.45. The van der Waals surface area contributed by atoms with Gasteiger partial charge in [0.2, 0.25) is 5.89 Å². The molecular weight excluding hydrogens is 252 g/mol. The van der Waals surface area contributed by atoms with E-state index in [2.05, 4.69) is 10.3 Å². The number of benzene rings is 1. The molecular formula is C12H14N2O3S. The quantitative estimate of drug-likeness (QED) is 0.916. The van der Waals surface area contributed by atoms with E-state index in [4.69, 9.17) is 4.42 Å². The maximum Gasteiger partial charge on any atom is 0.213 e. The third-order valence-electron chi connectivity index (χ3n) is 2.40. The summed E-state index contributed by atoms with van der Waals surface area (Å²) in [5.41, 5.74) is 0.818. The van der Waals surface area contributed by atoms with Crippen LogP contribution in [0.4, 0.5) is 5.69 Å². The van der Waals surface area contributed by atoms with E-state index in [-0.39, 0.29) is 0 Å². The fraction of sp³-hybridized carbons (Fsp3) is 0.250. The van der Waals surface area contributed by atoms with Crippen molar-refractivity contribution in [2.75, 3.05) is 11.6 Å². The Bertz CT molecular complexity index is 630. The van der Waals surface area contributed by atoms with Crippen LogP contribution in [0.1, 0.15) is 11.7 Å². The Kier molecular flexibility index (Phi) is 3.38. The molecule has 0 aliphatic rings. The molecule has 5 nitrogen and oxygen atoms in total. The summed E-state index contributed by atoms with van der Waals surface area (Å²) in [5, 5.41) is 3.10. The highest BCUT2D eigenvalue weighted by Gasteiger charge is 2.06. The highest BCUT2D eigenvalue weighted by Crippen LogP contribution is 2.14. The largest absolute Gasteiger partial charge is 0.444 e. The summed E-state index contributed by atoms with van der Waals surface area (Å²) in [6.45, 7) is 2.30. The van der Waals surface area contributed by atoms with Gasteiger partial charge in [0.25, 0.3) is 0 Å². The van der Waals surface area contributed by atoms with Crippen molar-refractivity contribution in [2.45, 2.75) is 18.4 Å². The summed E-state index contributed by atoms with van der Waals surface area (Å²) in [6.07, 6.45) is 2.84. The van der Waals surface area contributed by atoms with Crippen LogP contribution in [0.25, 0.3) is 0 Å². The predicted octanol–water partition coefficient (Wildman–Crippen LogP) is 2.00. The van der Waals surface area contributed by atoms with Crippen LogP contribution in [-0.2, 0) is 16.4 Å². The van der Waals surface area contributed by atoms with E-state index in [1.165, 1.54) is 6.26 Å². The minimum Gasteiger partial charge on any atom is -0.444 e.